The SMILES string of the molecule is CN=C(NCC1(SC)CCOCC1)NC1CCN(Cc2ccc(F)cc2)CC1.I. The van der Waals surface area contributed by atoms with Crippen molar-refractivity contribution in [3.05, 3.63) is 35.6 Å². The summed E-state index contributed by atoms with van der Waals surface area (Å²) in [6.07, 6.45) is 6.53. The molecule has 0 aliphatic carbocycles. The number of nitrogens with one attached hydrogen (secondary N) is 2. The van der Waals surface area contributed by atoms with Crippen molar-refractivity contribution in [3.63, 3.8) is 0 Å². The topological polar surface area (TPSA) is 48.9 Å². The van der Waals surface area contributed by atoms with Crippen LogP contribution in [0.4, 0.5) is 4.39 Å². The van der Waals surface area contributed by atoms with E-state index < -0.39 is 0 Å². The first kappa shape index (κ1) is 24.7. The maximum Gasteiger partial charge on any atom is 0.191 e. The van der Waals surface area contributed by atoms with Crippen LogP contribution in [0.15, 0.2) is 29.3 Å². The molecular formula is C21H34FIN4OS. The van der Waals surface area contributed by atoms with Crippen molar-refractivity contribution < 1.29 is 9.13 Å². The Kier molecular flexibility index (Phi) is 10.5. The molecule has 0 spiro atoms. The third-order valence-electron chi connectivity index (χ3n) is 5.89. The Morgan fingerprint density at radius 2 is 1.90 bits per heavy atom. The molecule has 0 aromatic heterocycles. The molecule has 2 N–H and O–H groups in total. The van der Waals surface area contributed by atoms with Crippen molar-refractivity contribution in [2.45, 2.75) is 43.0 Å². The fraction of sp³-hybridized carbons (Fsp3) is 0.667. The van der Waals surface area contributed by atoms with E-state index in [1.165, 1.54) is 5.56 Å². The first-order chi connectivity index (χ1) is 13.6. The monoisotopic (exact) mass is 536 g/mol. The van der Waals surface area contributed by atoms with Crippen LogP contribution in [0.1, 0.15) is 31.2 Å². The summed E-state index contributed by atoms with van der Waals surface area (Å²) in [7, 11) is 1.84. The minimum absolute atomic E-state index is 0. The van der Waals surface area contributed by atoms with Crippen LogP contribution in [0.3, 0.4) is 0 Å². The number of halogens is 2. The minimum atomic E-state index is -0.172. The molecule has 2 saturated heterocycles. The number of piperidine rings is 1. The molecule has 0 amide bonds. The summed E-state index contributed by atoms with van der Waals surface area (Å²) in [5.41, 5.74) is 1.17. The maximum atomic E-state index is 13.1. The average Bonchev–Trinajstić information content (AvgIpc) is 2.74. The molecule has 2 heterocycles. The summed E-state index contributed by atoms with van der Waals surface area (Å²) in [6.45, 7) is 5.58. The second-order valence-corrected chi connectivity index (χ2v) is 9.02. The van der Waals surface area contributed by atoms with Gasteiger partial charge in [-0.3, -0.25) is 9.89 Å². The van der Waals surface area contributed by atoms with Crippen LogP contribution in [0.5, 0.6) is 0 Å². The van der Waals surface area contributed by atoms with E-state index >= 15 is 0 Å². The van der Waals surface area contributed by atoms with Crippen molar-refractivity contribution in [2.75, 3.05) is 46.2 Å². The highest BCUT2D eigenvalue weighted by Gasteiger charge is 2.32. The lowest BCUT2D eigenvalue weighted by Gasteiger charge is -2.37. The van der Waals surface area contributed by atoms with E-state index in [0.717, 1.165) is 71.0 Å². The molecule has 0 radical (unpaired) electrons. The summed E-state index contributed by atoms with van der Waals surface area (Å²) in [5, 5.41) is 7.15. The molecule has 2 aliphatic heterocycles. The molecule has 1 aromatic carbocycles. The van der Waals surface area contributed by atoms with E-state index in [-0.39, 0.29) is 34.5 Å². The summed E-state index contributed by atoms with van der Waals surface area (Å²) in [4.78, 5) is 6.87. The van der Waals surface area contributed by atoms with E-state index in [4.69, 9.17) is 4.74 Å². The quantitative estimate of drug-likeness (QED) is 0.331. The molecular weight excluding hydrogens is 502 g/mol. The van der Waals surface area contributed by atoms with Gasteiger partial charge in [0.25, 0.3) is 0 Å². The normalized spacial score (nSPS) is 20.7. The van der Waals surface area contributed by atoms with Crippen LogP contribution in [-0.4, -0.2) is 67.8 Å². The standard InChI is InChI=1S/C21H33FN4OS.HI/c1-23-20(24-16-21(28-2)9-13-27-14-10-21)25-19-7-11-26(12-8-19)15-17-3-5-18(22)6-4-17;/h3-6,19H,7-16H2,1-2H3,(H2,23,24,25);1H. The van der Waals surface area contributed by atoms with Gasteiger partial charge in [0.1, 0.15) is 5.82 Å². The molecule has 0 bridgehead atoms. The Hall–Kier alpha value is -0.580. The molecule has 164 valence electrons. The number of ether oxygens (including phenoxy) is 1. The summed E-state index contributed by atoms with van der Waals surface area (Å²) >= 11 is 1.94. The molecule has 29 heavy (non-hydrogen) atoms. The van der Waals surface area contributed by atoms with Crippen LogP contribution < -0.4 is 10.6 Å². The Bertz CT molecular complexity index is 632. The number of rotatable bonds is 6. The number of guanidine groups is 1. The van der Waals surface area contributed by atoms with Gasteiger partial charge in [0.15, 0.2) is 5.96 Å². The maximum absolute atomic E-state index is 13.1. The van der Waals surface area contributed by atoms with Crippen molar-refractivity contribution in [2.24, 2.45) is 4.99 Å². The number of hydrogen-bond donors (Lipinski definition) is 2. The molecule has 2 aliphatic rings. The second-order valence-electron chi connectivity index (χ2n) is 7.75. The van der Waals surface area contributed by atoms with E-state index in [2.05, 4.69) is 26.8 Å². The van der Waals surface area contributed by atoms with Gasteiger partial charge in [-0.15, -0.1) is 24.0 Å². The molecule has 5 nitrogen and oxygen atoms in total. The van der Waals surface area contributed by atoms with Crippen molar-refractivity contribution in [1.82, 2.24) is 15.5 Å². The van der Waals surface area contributed by atoms with Gasteiger partial charge in [-0.05, 0) is 49.6 Å². The Morgan fingerprint density at radius 1 is 1.24 bits per heavy atom. The second kappa shape index (κ2) is 12.3. The van der Waals surface area contributed by atoms with Gasteiger partial charge in [0.05, 0.1) is 0 Å². The predicted octanol–water partition coefficient (Wildman–Crippen LogP) is 3.49. The van der Waals surface area contributed by atoms with Crippen LogP contribution in [0, 0.1) is 5.82 Å². The number of thioether (sulfide) groups is 1. The van der Waals surface area contributed by atoms with E-state index in [9.17, 15) is 4.39 Å². The molecule has 0 atom stereocenters. The largest absolute Gasteiger partial charge is 0.381 e. The molecule has 0 saturated carbocycles. The third kappa shape index (κ3) is 7.56. The minimum Gasteiger partial charge on any atom is -0.381 e. The fourth-order valence-electron chi connectivity index (χ4n) is 3.91. The Labute approximate surface area is 195 Å². The van der Waals surface area contributed by atoms with Crippen molar-refractivity contribution >= 4 is 41.7 Å². The number of nitrogens with zero attached hydrogens (tertiary/aromatic N) is 2. The van der Waals surface area contributed by atoms with Crippen LogP contribution in [0.25, 0.3) is 0 Å². The first-order valence-electron chi connectivity index (χ1n) is 10.2. The predicted molar refractivity (Wildman–Crippen MR) is 131 cm³/mol. The fourth-order valence-corrected chi connectivity index (χ4v) is 4.70. The van der Waals surface area contributed by atoms with E-state index in [0.29, 0.717) is 6.04 Å². The van der Waals surface area contributed by atoms with Gasteiger partial charge < -0.3 is 15.4 Å². The number of aliphatic imine (C=N–C) groups is 1. The first-order valence-corrected chi connectivity index (χ1v) is 11.4. The lowest BCUT2D eigenvalue weighted by Crippen LogP contribution is -2.52. The molecule has 1 aromatic rings. The molecule has 2 fully saturated rings. The van der Waals surface area contributed by atoms with Crippen LogP contribution >= 0.6 is 35.7 Å². The molecule has 8 heteroatoms. The van der Waals surface area contributed by atoms with Crippen molar-refractivity contribution in [3.8, 4) is 0 Å². The number of benzene rings is 1. The van der Waals surface area contributed by atoms with Crippen LogP contribution in [-0.2, 0) is 11.3 Å². The zero-order chi connectivity index (χ0) is 19.8. The van der Waals surface area contributed by atoms with Gasteiger partial charge in [0.2, 0.25) is 0 Å². The number of likely N-dealkylation sites (tertiary alicyclic amines) is 1. The van der Waals surface area contributed by atoms with Gasteiger partial charge in [-0.2, -0.15) is 11.8 Å². The molecule has 3 rings (SSSR count). The zero-order valence-corrected chi connectivity index (χ0v) is 20.6. The Balaban J connectivity index is 0.00000300. The van der Waals surface area contributed by atoms with Crippen LogP contribution in [0.2, 0.25) is 0 Å². The summed E-state index contributed by atoms with van der Waals surface area (Å²) in [6, 6.07) is 7.28. The average molecular weight is 536 g/mol. The Morgan fingerprint density at radius 3 is 2.48 bits per heavy atom. The zero-order valence-electron chi connectivity index (χ0n) is 17.5. The van der Waals surface area contributed by atoms with Gasteiger partial charge >= 0.3 is 0 Å². The summed E-state index contributed by atoms with van der Waals surface area (Å²) in [5.74, 6) is 0.728. The summed E-state index contributed by atoms with van der Waals surface area (Å²) < 4.78 is 18.8. The smallest absolute Gasteiger partial charge is 0.191 e. The van der Waals surface area contributed by atoms with Gasteiger partial charge in [-0.1, -0.05) is 12.1 Å². The van der Waals surface area contributed by atoms with E-state index in [1.54, 1.807) is 12.1 Å². The van der Waals surface area contributed by atoms with Gasteiger partial charge in [0, 0.05) is 57.2 Å². The van der Waals surface area contributed by atoms with E-state index in [1.807, 2.05) is 30.9 Å². The highest BCUT2D eigenvalue weighted by atomic mass is 127. The van der Waals surface area contributed by atoms with Crippen molar-refractivity contribution in [1.29, 1.82) is 0 Å². The van der Waals surface area contributed by atoms with Gasteiger partial charge in [-0.25, -0.2) is 4.39 Å². The number of hydrogen-bond acceptors (Lipinski definition) is 4. The highest BCUT2D eigenvalue weighted by molar-refractivity contribution is 14.0. The third-order valence-corrected chi connectivity index (χ3v) is 7.31. The molecule has 0 unspecified atom stereocenters. The lowest BCUT2D eigenvalue weighted by molar-refractivity contribution is 0.0782. The lowest BCUT2D eigenvalue weighted by atomic mass is 9.99. The highest BCUT2D eigenvalue weighted by Crippen LogP contribution is 2.32.